The van der Waals surface area contributed by atoms with Crippen LogP contribution < -0.4 is 30.9 Å². The Morgan fingerprint density at radius 3 is 2.45 bits per heavy atom. The summed E-state index contributed by atoms with van der Waals surface area (Å²) in [7, 11) is 3.12. The van der Waals surface area contributed by atoms with Crippen LogP contribution >= 0.6 is 0 Å². The van der Waals surface area contributed by atoms with Crippen molar-refractivity contribution < 1.29 is 29.1 Å². The Morgan fingerprint density at radius 2 is 1.68 bits per heavy atom. The van der Waals surface area contributed by atoms with Gasteiger partial charge in [0.25, 0.3) is 23.3 Å². The minimum absolute atomic E-state index is 0.0254. The quantitative estimate of drug-likeness (QED) is 0.111. The molecule has 1 aliphatic carbocycles. The molecule has 6 aliphatic rings. The number of carbonyl (C=O) groups is 5. The molecule has 3 aromatic heterocycles. The molecule has 76 heavy (non-hydrogen) atoms. The number of imide groups is 1. The number of fused-ring (bicyclic) bond motifs is 4. The van der Waals surface area contributed by atoms with E-state index in [4.69, 9.17) is 4.98 Å². The van der Waals surface area contributed by atoms with Crippen molar-refractivity contribution in [3.05, 3.63) is 118 Å². The highest BCUT2D eigenvalue weighted by molar-refractivity contribution is 6.07. The van der Waals surface area contributed by atoms with Gasteiger partial charge in [0.1, 0.15) is 17.6 Å². The largest absolute Gasteiger partial charge is 0.392 e. The van der Waals surface area contributed by atoms with Crippen LogP contribution in [0.4, 0.5) is 34.4 Å². The van der Waals surface area contributed by atoms with Crippen molar-refractivity contribution in [2.45, 2.75) is 110 Å². The lowest BCUT2D eigenvalue weighted by atomic mass is 9.90. The van der Waals surface area contributed by atoms with Crippen molar-refractivity contribution >= 4 is 63.9 Å². The number of carbonyl (C=O) groups excluding carboxylic acids is 5. The number of piperidine rings is 2. The van der Waals surface area contributed by atoms with Crippen molar-refractivity contribution in [2.24, 2.45) is 12.5 Å². The van der Waals surface area contributed by atoms with Crippen LogP contribution in [0, 0.1) is 5.41 Å². The molecule has 396 valence electrons. The number of piperazine rings is 1. The van der Waals surface area contributed by atoms with Crippen LogP contribution in [0.1, 0.15) is 96.6 Å². The number of likely N-dealkylation sites (N-methyl/N-ethyl adjacent to an activating group) is 1. The first-order valence-electron chi connectivity index (χ1n) is 26.5. The van der Waals surface area contributed by atoms with E-state index < -0.39 is 18.2 Å². The van der Waals surface area contributed by atoms with Gasteiger partial charge >= 0.3 is 0 Å². The number of anilines is 6. The molecule has 2 aromatic carbocycles. The van der Waals surface area contributed by atoms with Gasteiger partial charge in [0.15, 0.2) is 5.82 Å². The van der Waals surface area contributed by atoms with Crippen LogP contribution in [0.3, 0.4) is 0 Å². The van der Waals surface area contributed by atoms with Gasteiger partial charge in [0.05, 0.1) is 23.7 Å². The molecule has 3 fully saturated rings. The number of pyridine rings is 1. The van der Waals surface area contributed by atoms with Gasteiger partial charge in [-0.3, -0.25) is 43.5 Å². The van der Waals surface area contributed by atoms with Crippen molar-refractivity contribution in [1.29, 1.82) is 0 Å². The normalized spacial score (nSPS) is 22.5. The van der Waals surface area contributed by atoms with Crippen LogP contribution in [-0.2, 0) is 54.0 Å². The summed E-state index contributed by atoms with van der Waals surface area (Å²) >= 11 is 0. The van der Waals surface area contributed by atoms with Crippen molar-refractivity contribution in [3.8, 4) is 11.3 Å². The fraction of sp³-hybridized carbons (Fsp3) is 0.439. The van der Waals surface area contributed by atoms with Gasteiger partial charge in [-0.2, -0.15) is 0 Å². The molecule has 3 saturated heterocycles. The fourth-order valence-corrected chi connectivity index (χ4v) is 12.9. The third-order valence-electron chi connectivity index (χ3n) is 16.7. The van der Waals surface area contributed by atoms with Gasteiger partial charge in [0, 0.05) is 136 Å². The number of aromatic nitrogens is 4. The first-order valence-corrected chi connectivity index (χ1v) is 26.5. The molecule has 19 heteroatoms. The van der Waals surface area contributed by atoms with Gasteiger partial charge in [0.2, 0.25) is 11.8 Å². The number of aryl methyl sites for hydroxylation is 1. The van der Waals surface area contributed by atoms with E-state index in [1.54, 1.807) is 41.4 Å². The summed E-state index contributed by atoms with van der Waals surface area (Å²) in [6.07, 6.45) is 8.67. The van der Waals surface area contributed by atoms with Crippen molar-refractivity contribution in [3.63, 3.8) is 0 Å². The second-order valence-electron chi connectivity index (χ2n) is 22.2. The molecule has 3 N–H and O–H groups in total. The molecule has 5 aromatic rings. The monoisotopic (exact) mass is 1030 g/mol. The lowest BCUT2D eigenvalue weighted by Gasteiger charge is -2.48. The molecule has 0 bridgehead atoms. The predicted octanol–water partition coefficient (Wildman–Crippen LogP) is 5.46. The van der Waals surface area contributed by atoms with Crippen LogP contribution in [0.2, 0.25) is 0 Å². The van der Waals surface area contributed by atoms with Gasteiger partial charge in [-0.05, 0) is 105 Å². The topological polar surface area (TPSA) is 202 Å². The lowest BCUT2D eigenvalue weighted by molar-refractivity contribution is -0.150. The first kappa shape index (κ1) is 50.5. The Bertz CT molecular complexity index is 3310. The second kappa shape index (κ2) is 19.5. The number of nitrogens with zero attached hydrogens (tertiary/aromatic N) is 10. The lowest BCUT2D eigenvalue weighted by Crippen LogP contribution is -2.58. The number of aliphatic hydroxyl groups is 1. The van der Waals surface area contributed by atoms with Crippen LogP contribution in [0.15, 0.2) is 78.4 Å². The van der Waals surface area contributed by atoms with E-state index >= 15 is 0 Å². The maximum absolute atomic E-state index is 14.1. The van der Waals surface area contributed by atoms with Crippen LogP contribution in [0.25, 0.3) is 11.3 Å². The summed E-state index contributed by atoms with van der Waals surface area (Å²) in [5.41, 5.74) is 8.60. The Labute approximate surface area is 441 Å². The van der Waals surface area contributed by atoms with Gasteiger partial charge in [-0.25, -0.2) is 9.97 Å². The zero-order valence-electron chi connectivity index (χ0n) is 44.1. The fourth-order valence-electron chi connectivity index (χ4n) is 12.9. The average Bonchev–Trinajstić information content (AvgIpc) is 4.08. The smallest absolute Gasteiger partial charge is 0.293 e. The minimum atomic E-state index is -0.653. The number of aliphatic hydroxyl groups excluding tert-OH is 1. The summed E-state index contributed by atoms with van der Waals surface area (Å²) in [5, 5.41) is 17.1. The summed E-state index contributed by atoms with van der Waals surface area (Å²) in [6, 6.07) is 15.1. The maximum atomic E-state index is 14.1. The molecular formula is C57H66N12O7. The number of amides is 5. The molecule has 0 spiro atoms. The Morgan fingerprint density at radius 1 is 0.882 bits per heavy atom. The molecule has 8 heterocycles. The third kappa shape index (κ3) is 8.81. The number of rotatable bonds is 11. The van der Waals surface area contributed by atoms with Crippen molar-refractivity contribution in [1.82, 2.24) is 33.8 Å². The van der Waals surface area contributed by atoms with Gasteiger partial charge in [-0.1, -0.05) is 26.5 Å². The Balaban J connectivity index is 0.780. The van der Waals surface area contributed by atoms with E-state index in [0.717, 1.165) is 67.2 Å². The van der Waals surface area contributed by atoms with Crippen LogP contribution in [-0.4, -0.2) is 132 Å². The molecule has 19 nitrogen and oxygen atoms in total. The second-order valence-corrected chi connectivity index (χ2v) is 22.2. The van der Waals surface area contributed by atoms with E-state index in [1.807, 2.05) is 30.3 Å². The summed E-state index contributed by atoms with van der Waals surface area (Å²) < 4.78 is 3.56. The van der Waals surface area contributed by atoms with E-state index in [-0.39, 0.29) is 59.3 Å². The molecule has 0 saturated carbocycles. The highest BCUT2D eigenvalue weighted by Gasteiger charge is 2.44. The van der Waals surface area contributed by atoms with Crippen LogP contribution in [0.5, 0.6) is 0 Å². The molecular weight excluding hydrogens is 965 g/mol. The highest BCUT2D eigenvalue weighted by atomic mass is 16.3. The average molecular weight is 1030 g/mol. The number of likely N-dealkylation sites (tertiary alicyclic amines) is 1. The van der Waals surface area contributed by atoms with Gasteiger partial charge in [-0.15, -0.1) is 0 Å². The number of hydrogen-bond donors (Lipinski definition) is 3. The van der Waals surface area contributed by atoms with E-state index in [1.165, 1.54) is 28.9 Å². The molecule has 5 aliphatic heterocycles. The SMILES string of the molecule is C=CC(=O)Nc1cc(Nc2nc(-c3ccnc(N4CCn5c(cc6c5CC(C)(C)C6)C4=O)c3CO)cn(C)c2=O)ccc1N1CCN(C2CCN(c3cccc4c3CN(C3CCC(=O)N(C)C3=O)C4=O)[C@H](C)C2)C[C@@H]1C. The summed E-state index contributed by atoms with van der Waals surface area (Å²) in [6.45, 7) is 16.6. The van der Waals surface area contributed by atoms with E-state index in [0.29, 0.717) is 83.9 Å². The summed E-state index contributed by atoms with van der Waals surface area (Å²) in [5.74, 6) is -0.893. The first-order chi connectivity index (χ1) is 36.4. The third-order valence-corrected chi connectivity index (χ3v) is 16.7. The molecule has 2 unspecified atom stereocenters. The number of benzene rings is 2. The minimum Gasteiger partial charge on any atom is -0.392 e. The highest BCUT2D eigenvalue weighted by Crippen LogP contribution is 2.42. The number of hydrogen-bond acceptors (Lipinski definition) is 13. The zero-order chi connectivity index (χ0) is 53.5. The Kier molecular flexibility index (Phi) is 13.0. The molecule has 11 rings (SSSR count). The van der Waals surface area contributed by atoms with E-state index in [9.17, 15) is 33.9 Å². The Hall–Kier alpha value is -7.64. The predicted molar refractivity (Wildman–Crippen MR) is 290 cm³/mol. The summed E-state index contributed by atoms with van der Waals surface area (Å²) in [4.78, 5) is 101. The standard InChI is InChI=1S/C57H66N12O7/c1-8-49(71)60-42-26-36(59-51-56(76)62(6)31-43(61-51)38-16-18-58-52(41(38)32-70)68-23-22-67-47(55(68)75)25-35-27-57(4,5)28-48(35)67)12-13-45(42)66-21-20-64(29-34(66)3)37-17-19-65(33(2)24-37)44-11-9-10-39-40(44)30-69(53(39)73)46-14-15-50(72)63(7)54(46)74/h8-13,16,18,25-26,31,33-34,37,46,70H,1,14-15,17,19-24,27-30,32H2,2-7H3,(H,59,61)(H,60,71)/t33-,34+,37?,46?/m1/s1. The maximum Gasteiger partial charge on any atom is 0.293 e. The molecule has 5 amide bonds. The molecule has 0 radical (unpaired) electrons. The van der Waals surface area contributed by atoms with E-state index in [2.05, 4.69) is 75.2 Å². The van der Waals surface area contributed by atoms with Gasteiger partial charge < -0.3 is 39.6 Å². The van der Waals surface area contributed by atoms with Crippen molar-refractivity contribution in [2.75, 3.05) is 65.1 Å². The zero-order valence-corrected chi connectivity index (χ0v) is 44.1. The number of nitrogens with one attached hydrogen (secondary N) is 2. The molecule has 4 atom stereocenters.